The van der Waals surface area contributed by atoms with Crippen LogP contribution in [0.3, 0.4) is 0 Å². The molecule has 2 atom stereocenters. The summed E-state index contributed by atoms with van der Waals surface area (Å²) in [6, 6.07) is 0. The summed E-state index contributed by atoms with van der Waals surface area (Å²) >= 11 is 0. The van der Waals surface area contributed by atoms with Gasteiger partial charge >= 0.3 is 0 Å². The quantitative estimate of drug-likeness (QED) is 0.473. The van der Waals surface area contributed by atoms with Crippen molar-refractivity contribution in [1.82, 2.24) is 0 Å². The summed E-state index contributed by atoms with van der Waals surface area (Å²) in [5, 5.41) is 0. The van der Waals surface area contributed by atoms with Gasteiger partial charge in [-0.3, -0.25) is 0 Å². The molecule has 1 rings (SSSR count). The first-order chi connectivity index (χ1) is 7.74. The summed E-state index contributed by atoms with van der Waals surface area (Å²) in [6.07, 6.45) is 11.4. The van der Waals surface area contributed by atoms with Gasteiger partial charge in [0.25, 0.3) is 0 Å². The predicted molar refractivity (Wildman–Crippen MR) is 70.6 cm³/mol. The highest BCUT2D eigenvalue weighted by Crippen LogP contribution is 2.33. The molecule has 0 radical (unpaired) electrons. The number of ether oxygens (including phenoxy) is 1. The Morgan fingerprint density at radius 3 is 2.56 bits per heavy atom. The van der Waals surface area contributed by atoms with Gasteiger partial charge in [0.05, 0.1) is 0 Å². The van der Waals surface area contributed by atoms with E-state index in [2.05, 4.69) is 13.8 Å². The first-order valence-corrected chi connectivity index (χ1v) is 7.23. The second-order valence-corrected chi connectivity index (χ2v) is 5.87. The maximum atomic E-state index is 5.10. The standard InChI is InChI=1S/C15H30O/c1-13(2)15-9-6-8-14(10-11-15)7-4-5-12-16-3/h13-15H,4-12H2,1-3H3. The van der Waals surface area contributed by atoms with Crippen molar-refractivity contribution in [2.45, 2.75) is 65.2 Å². The van der Waals surface area contributed by atoms with Crippen LogP contribution in [0.4, 0.5) is 0 Å². The highest BCUT2D eigenvalue weighted by atomic mass is 16.5. The van der Waals surface area contributed by atoms with Crippen molar-refractivity contribution in [2.75, 3.05) is 13.7 Å². The summed E-state index contributed by atoms with van der Waals surface area (Å²) in [5.74, 6) is 2.91. The average molecular weight is 226 g/mol. The van der Waals surface area contributed by atoms with Gasteiger partial charge < -0.3 is 4.74 Å². The second-order valence-electron chi connectivity index (χ2n) is 5.87. The van der Waals surface area contributed by atoms with Gasteiger partial charge in [-0.2, -0.15) is 0 Å². The molecule has 1 fully saturated rings. The first kappa shape index (κ1) is 14.0. The highest BCUT2D eigenvalue weighted by molar-refractivity contribution is 4.72. The minimum atomic E-state index is 0.896. The van der Waals surface area contributed by atoms with Crippen LogP contribution < -0.4 is 0 Å². The van der Waals surface area contributed by atoms with Crippen LogP contribution in [0.5, 0.6) is 0 Å². The van der Waals surface area contributed by atoms with Crippen LogP contribution in [0.2, 0.25) is 0 Å². The molecule has 0 spiro atoms. The van der Waals surface area contributed by atoms with Gasteiger partial charge in [-0.05, 0) is 30.6 Å². The van der Waals surface area contributed by atoms with Crippen LogP contribution in [0.25, 0.3) is 0 Å². The fraction of sp³-hybridized carbons (Fsp3) is 1.00. The number of hydrogen-bond acceptors (Lipinski definition) is 1. The van der Waals surface area contributed by atoms with E-state index in [1.165, 1.54) is 51.4 Å². The monoisotopic (exact) mass is 226 g/mol. The summed E-state index contributed by atoms with van der Waals surface area (Å²) in [7, 11) is 1.80. The molecule has 1 nitrogen and oxygen atoms in total. The fourth-order valence-electron chi connectivity index (χ4n) is 3.04. The van der Waals surface area contributed by atoms with E-state index in [1.807, 2.05) is 0 Å². The number of methoxy groups -OCH3 is 1. The molecule has 0 aromatic rings. The molecular weight excluding hydrogens is 196 g/mol. The normalized spacial score (nSPS) is 27.0. The van der Waals surface area contributed by atoms with Crippen LogP contribution in [-0.4, -0.2) is 13.7 Å². The van der Waals surface area contributed by atoms with Crippen LogP contribution in [0.15, 0.2) is 0 Å². The minimum Gasteiger partial charge on any atom is -0.385 e. The maximum Gasteiger partial charge on any atom is 0.0462 e. The van der Waals surface area contributed by atoms with E-state index < -0.39 is 0 Å². The van der Waals surface area contributed by atoms with E-state index in [9.17, 15) is 0 Å². The highest BCUT2D eigenvalue weighted by Gasteiger charge is 2.20. The lowest BCUT2D eigenvalue weighted by molar-refractivity contribution is 0.189. The van der Waals surface area contributed by atoms with Crippen molar-refractivity contribution in [2.24, 2.45) is 17.8 Å². The van der Waals surface area contributed by atoms with Crippen molar-refractivity contribution < 1.29 is 4.74 Å². The Bertz CT molecular complexity index is 165. The summed E-state index contributed by atoms with van der Waals surface area (Å²) in [6.45, 7) is 5.73. The summed E-state index contributed by atoms with van der Waals surface area (Å²) in [5.41, 5.74) is 0. The Balaban J connectivity index is 2.15. The van der Waals surface area contributed by atoms with Gasteiger partial charge in [0.1, 0.15) is 0 Å². The Hall–Kier alpha value is -0.0400. The van der Waals surface area contributed by atoms with Crippen LogP contribution in [-0.2, 0) is 4.74 Å². The van der Waals surface area contributed by atoms with E-state index in [4.69, 9.17) is 4.74 Å². The molecule has 0 saturated heterocycles. The molecule has 0 aliphatic heterocycles. The zero-order valence-corrected chi connectivity index (χ0v) is 11.5. The van der Waals surface area contributed by atoms with Crippen LogP contribution in [0.1, 0.15) is 65.2 Å². The molecule has 2 unspecified atom stereocenters. The van der Waals surface area contributed by atoms with Crippen LogP contribution >= 0.6 is 0 Å². The zero-order chi connectivity index (χ0) is 11.8. The third-order valence-corrected chi connectivity index (χ3v) is 4.29. The summed E-state index contributed by atoms with van der Waals surface area (Å²) in [4.78, 5) is 0. The third kappa shape index (κ3) is 5.34. The van der Waals surface area contributed by atoms with E-state index in [-0.39, 0.29) is 0 Å². The van der Waals surface area contributed by atoms with Crippen molar-refractivity contribution in [3.8, 4) is 0 Å². The molecule has 1 aliphatic rings. The van der Waals surface area contributed by atoms with E-state index in [0.717, 1.165) is 24.4 Å². The Morgan fingerprint density at radius 2 is 1.88 bits per heavy atom. The second kappa shape index (κ2) is 8.11. The fourth-order valence-corrected chi connectivity index (χ4v) is 3.04. The predicted octanol–water partition coefficient (Wildman–Crippen LogP) is 4.66. The van der Waals surface area contributed by atoms with Gasteiger partial charge in [-0.25, -0.2) is 0 Å². The molecule has 0 heterocycles. The molecule has 96 valence electrons. The molecule has 0 bridgehead atoms. The first-order valence-electron chi connectivity index (χ1n) is 7.23. The van der Waals surface area contributed by atoms with E-state index in [0.29, 0.717) is 0 Å². The molecular formula is C15H30O. The van der Waals surface area contributed by atoms with Gasteiger partial charge in [0.15, 0.2) is 0 Å². The maximum absolute atomic E-state index is 5.10. The third-order valence-electron chi connectivity index (χ3n) is 4.29. The molecule has 1 aliphatic carbocycles. The Kier molecular flexibility index (Phi) is 7.11. The topological polar surface area (TPSA) is 9.23 Å². The largest absolute Gasteiger partial charge is 0.385 e. The van der Waals surface area contributed by atoms with Crippen molar-refractivity contribution >= 4 is 0 Å². The Labute approximate surface area is 102 Å². The molecule has 0 aromatic heterocycles. The lowest BCUT2D eigenvalue weighted by Gasteiger charge is -2.18. The number of hydrogen-bond donors (Lipinski definition) is 0. The van der Waals surface area contributed by atoms with E-state index >= 15 is 0 Å². The van der Waals surface area contributed by atoms with Crippen molar-refractivity contribution in [3.63, 3.8) is 0 Å². The van der Waals surface area contributed by atoms with Crippen molar-refractivity contribution in [3.05, 3.63) is 0 Å². The Morgan fingerprint density at radius 1 is 1.06 bits per heavy atom. The lowest BCUT2D eigenvalue weighted by Crippen LogP contribution is -2.07. The van der Waals surface area contributed by atoms with Crippen molar-refractivity contribution in [1.29, 1.82) is 0 Å². The van der Waals surface area contributed by atoms with Gasteiger partial charge in [0.2, 0.25) is 0 Å². The zero-order valence-electron chi connectivity index (χ0n) is 11.5. The van der Waals surface area contributed by atoms with Gasteiger partial charge in [-0.1, -0.05) is 52.4 Å². The molecule has 0 aromatic carbocycles. The smallest absolute Gasteiger partial charge is 0.0462 e. The molecule has 0 N–H and O–H groups in total. The summed E-state index contributed by atoms with van der Waals surface area (Å²) < 4.78 is 5.10. The molecule has 1 saturated carbocycles. The van der Waals surface area contributed by atoms with E-state index in [1.54, 1.807) is 7.11 Å². The molecule has 1 heteroatoms. The lowest BCUT2D eigenvalue weighted by atomic mass is 9.88. The van der Waals surface area contributed by atoms with Crippen LogP contribution in [0, 0.1) is 17.8 Å². The number of rotatable bonds is 6. The van der Waals surface area contributed by atoms with Gasteiger partial charge in [0, 0.05) is 13.7 Å². The minimum absolute atomic E-state index is 0.896. The molecule has 16 heavy (non-hydrogen) atoms. The molecule has 0 amide bonds. The van der Waals surface area contributed by atoms with Gasteiger partial charge in [-0.15, -0.1) is 0 Å². The number of unbranched alkanes of at least 4 members (excludes halogenated alkanes) is 1. The SMILES string of the molecule is COCCCCC1CCCC(C(C)C)CC1. The average Bonchev–Trinajstić information content (AvgIpc) is 2.50.